The van der Waals surface area contributed by atoms with Crippen LogP contribution in [0.25, 0.3) is 11.2 Å². The predicted molar refractivity (Wildman–Crippen MR) is 105 cm³/mol. The minimum Gasteiger partial charge on any atom is -0.354 e. The van der Waals surface area contributed by atoms with E-state index < -0.39 is 0 Å². The van der Waals surface area contributed by atoms with Gasteiger partial charge in [-0.05, 0) is 18.4 Å². The van der Waals surface area contributed by atoms with Crippen LogP contribution in [0.3, 0.4) is 0 Å². The van der Waals surface area contributed by atoms with E-state index in [1.54, 1.807) is 12.7 Å². The molecule has 0 bridgehead atoms. The Balaban J connectivity index is 1.43. The molecule has 3 aromatic rings. The third-order valence-corrected chi connectivity index (χ3v) is 6.16. The summed E-state index contributed by atoms with van der Waals surface area (Å²) in [7, 11) is 0. The van der Waals surface area contributed by atoms with Gasteiger partial charge in [0, 0.05) is 37.0 Å². The second-order valence-electron chi connectivity index (χ2n) is 7.54. The molecule has 5 rings (SSSR count). The number of aromatic nitrogens is 4. The number of imidazole rings is 1. The second kappa shape index (κ2) is 6.90. The van der Waals surface area contributed by atoms with E-state index in [0.717, 1.165) is 42.9 Å². The van der Waals surface area contributed by atoms with E-state index in [0.29, 0.717) is 23.9 Å². The molecule has 4 heterocycles. The lowest BCUT2D eigenvalue weighted by Crippen LogP contribution is -2.47. The van der Waals surface area contributed by atoms with Gasteiger partial charge in [0.25, 0.3) is 0 Å². The summed E-state index contributed by atoms with van der Waals surface area (Å²) in [6, 6.07) is 11.8. The quantitative estimate of drug-likeness (QED) is 0.659. The molecule has 1 aromatic carbocycles. The van der Waals surface area contributed by atoms with Crippen LogP contribution >= 0.6 is 0 Å². The molecule has 140 valence electrons. The van der Waals surface area contributed by atoms with Gasteiger partial charge >= 0.3 is 0 Å². The summed E-state index contributed by atoms with van der Waals surface area (Å²) in [5, 5.41) is 0. The Morgan fingerprint density at radius 3 is 2.89 bits per heavy atom. The van der Waals surface area contributed by atoms with Gasteiger partial charge in [-0.25, -0.2) is 15.0 Å². The average Bonchev–Trinajstić information content (AvgIpc) is 3.36. The fraction of sp³-hybridized carbons (Fsp3) is 0.450. The van der Waals surface area contributed by atoms with E-state index in [-0.39, 0.29) is 0 Å². The van der Waals surface area contributed by atoms with Crippen molar-refractivity contribution in [2.75, 3.05) is 18.0 Å². The van der Waals surface area contributed by atoms with Crippen LogP contribution in [0.1, 0.15) is 31.2 Å². The summed E-state index contributed by atoms with van der Waals surface area (Å²) in [4.78, 5) is 18.7. The molecule has 3 N–H and O–H groups in total. The van der Waals surface area contributed by atoms with Crippen molar-refractivity contribution in [2.24, 2.45) is 5.92 Å². The van der Waals surface area contributed by atoms with E-state index >= 15 is 0 Å². The number of aromatic amines is 1. The first-order valence-corrected chi connectivity index (χ1v) is 9.80. The molecule has 2 fully saturated rings. The van der Waals surface area contributed by atoms with Crippen LogP contribution in [0, 0.1) is 5.92 Å². The van der Waals surface area contributed by atoms with Crippen molar-refractivity contribution in [3.63, 3.8) is 0 Å². The van der Waals surface area contributed by atoms with Gasteiger partial charge in [-0.15, -0.1) is 0 Å². The third kappa shape index (κ3) is 2.87. The Kier molecular flexibility index (Phi) is 4.26. The number of H-pyrrole nitrogens is 1. The normalized spacial score (nSPS) is 26.3. The molecule has 2 saturated heterocycles. The van der Waals surface area contributed by atoms with Gasteiger partial charge in [0.05, 0.1) is 6.33 Å². The minimum atomic E-state index is 0.407. The highest BCUT2D eigenvalue weighted by Gasteiger charge is 2.43. The number of hydrazine groups is 1. The number of anilines is 1. The topological polar surface area (TPSA) is 81.8 Å². The molecular formula is C20H25N7. The number of hydrogen-bond donors (Lipinski definition) is 3. The molecule has 0 aliphatic carbocycles. The van der Waals surface area contributed by atoms with Crippen LogP contribution in [0.2, 0.25) is 0 Å². The van der Waals surface area contributed by atoms with Crippen LogP contribution in [-0.2, 0) is 0 Å². The van der Waals surface area contributed by atoms with Gasteiger partial charge in [0.15, 0.2) is 11.5 Å². The van der Waals surface area contributed by atoms with Gasteiger partial charge in [-0.3, -0.25) is 10.9 Å². The Hall–Kier alpha value is -2.51. The maximum Gasteiger partial charge on any atom is 0.182 e. The zero-order valence-corrected chi connectivity index (χ0v) is 15.5. The smallest absolute Gasteiger partial charge is 0.182 e. The molecule has 0 amide bonds. The van der Waals surface area contributed by atoms with E-state index in [4.69, 9.17) is 0 Å². The first-order valence-electron chi connectivity index (χ1n) is 9.80. The van der Waals surface area contributed by atoms with Crippen molar-refractivity contribution in [1.82, 2.24) is 30.8 Å². The van der Waals surface area contributed by atoms with Crippen molar-refractivity contribution in [3.05, 3.63) is 48.5 Å². The molecule has 2 aliphatic heterocycles. The first-order chi connectivity index (χ1) is 13.3. The number of rotatable bonds is 4. The van der Waals surface area contributed by atoms with Crippen molar-refractivity contribution in [2.45, 2.75) is 37.8 Å². The highest BCUT2D eigenvalue weighted by Crippen LogP contribution is 2.36. The maximum atomic E-state index is 4.57. The van der Waals surface area contributed by atoms with Crippen molar-refractivity contribution >= 4 is 17.0 Å². The molecule has 0 spiro atoms. The molecule has 4 atom stereocenters. The van der Waals surface area contributed by atoms with E-state index in [2.05, 4.69) is 72.9 Å². The van der Waals surface area contributed by atoms with Crippen LogP contribution in [0.4, 0.5) is 5.82 Å². The SMILES string of the molecule is CCC(c1ccccc1)C1NNC2CCN(c3ncnc4nc[nH]c34)CC21. The summed E-state index contributed by atoms with van der Waals surface area (Å²) in [5.74, 6) is 1.98. The lowest BCUT2D eigenvalue weighted by molar-refractivity contribution is 0.322. The van der Waals surface area contributed by atoms with Gasteiger partial charge < -0.3 is 9.88 Å². The van der Waals surface area contributed by atoms with Crippen LogP contribution < -0.4 is 15.8 Å². The molecule has 0 saturated carbocycles. The first kappa shape index (κ1) is 16.6. The predicted octanol–water partition coefficient (Wildman–Crippen LogP) is 2.22. The number of benzene rings is 1. The lowest BCUT2D eigenvalue weighted by atomic mass is 9.78. The molecule has 2 aromatic heterocycles. The van der Waals surface area contributed by atoms with Crippen molar-refractivity contribution in [1.29, 1.82) is 0 Å². The maximum absolute atomic E-state index is 4.57. The van der Waals surface area contributed by atoms with Crippen molar-refractivity contribution < 1.29 is 0 Å². The number of hydrogen-bond acceptors (Lipinski definition) is 6. The van der Waals surface area contributed by atoms with Crippen LogP contribution in [0.5, 0.6) is 0 Å². The lowest BCUT2D eigenvalue weighted by Gasteiger charge is -2.38. The summed E-state index contributed by atoms with van der Waals surface area (Å²) < 4.78 is 0. The van der Waals surface area contributed by atoms with Gasteiger partial charge in [0.2, 0.25) is 0 Å². The number of nitrogens with zero attached hydrogens (tertiary/aromatic N) is 4. The summed E-state index contributed by atoms with van der Waals surface area (Å²) in [6.07, 6.45) is 5.52. The largest absolute Gasteiger partial charge is 0.354 e. The summed E-state index contributed by atoms with van der Waals surface area (Å²) in [6.45, 7) is 4.24. The fourth-order valence-corrected chi connectivity index (χ4v) is 4.82. The summed E-state index contributed by atoms with van der Waals surface area (Å²) in [5.41, 5.74) is 10.3. The summed E-state index contributed by atoms with van der Waals surface area (Å²) >= 11 is 0. The molecule has 27 heavy (non-hydrogen) atoms. The Morgan fingerprint density at radius 1 is 1.15 bits per heavy atom. The van der Waals surface area contributed by atoms with Gasteiger partial charge in [-0.2, -0.15) is 0 Å². The highest BCUT2D eigenvalue weighted by molar-refractivity contribution is 5.82. The fourth-order valence-electron chi connectivity index (χ4n) is 4.82. The van der Waals surface area contributed by atoms with Crippen molar-refractivity contribution in [3.8, 4) is 0 Å². The zero-order valence-electron chi connectivity index (χ0n) is 15.5. The minimum absolute atomic E-state index is 0.407. The highest BCUT2D eigenvalue weighted by atomic mass is 15.4. The van der Waals surface area contributed by atoms with Gasteiger partial charge in [0.1, 0.15) is 11.8 Å². The second-order valence-corrected chi connectivity index (χ2v) is 7.54. The Labute approximate surface area is 158 Å². The Bertz CT molecular complexity index is 909. The van der Waals surface area contributed by atoms with Crippen LogP contribution in [0.15, 0.2) is 43.0 Å². The molecular weight excluding hydrogens is 338 g/mol. The molecule has 2 aliphatic rings. The van der Waals surface area contributed by atoms with E-state index in [1.807, 2.05) is 0 Å². The number of piperidine rings is 1. The number of nitrogens with one attached hydrogen (secondary N) is 3. The monoisotopic (exact) mass is 363 g/mol. The van der Waals surface area contributed by atoms with Crippen LogP contribution in [-0.4, -0.2) is 45.1 Å². The molecule has 4 unspecified atom stereocenters. The van der Waals surface area contributed by atoms with E-state index in [9.17, 15) is 0 Å². The van der Waals surface area contributed by atoms with Gasteiger partial charge in [-0.1, -0.05) is 37.3 Å². The standard InChI is InChI=1S/C20H25N7/c1-2-14(13-6-4-3-5-7-13)17-15-10-27(9-8-16(15)25-26-17)20-18-19(22-11-21-18)23-12-24-20/h3-7,11-12,14-17,25-26H,2,8-10H2,1H3,(H,21,22,23,24). The molecule has 7 nitrogen and oxygen atoms in total. The van der Waals surface area contributed by atoms with E-state index in [1.165, 1.54) is 5.56 Å². The Morgan fingerprint density at radius 2 is 2.04 bits per heavy atom. The molecule has 0 radical (unpaired) electrons. The average molecular weight is 363 g/mol. The molecule has 7 heteroatoms. The zero-order chi connectivity index (χ0) is 18.2. The number of fused-ring (bicyclic) bond motifs is 2. The third-order valence-electron chi connectivity index (χ3n) is 6.16.